The highest BCUT2D eigenvalue weighted by Gasteiger charge is 2.24. The zero-order valence-corrected chi connectivity index (χ0v) is 11.0. The molecule has 0 radical (unpaired) electrons. The number of aromatic nitrogens is 1. The second-order valence-corrected chi connectivity index (χ2v) is 5.42. The minimum atomic E-state index is -0.773. The molecule has 1 aromatic heterocycles. The predicted octanol–water partition coefficient (Wildman–Crippen LogP) is 2.61. The molecule has 0 atom stereocenters. The van der Waals surface area contributed by atoms with Gasteiger partial charge < -0.3 is 5.11 Å². The lowest BCUT2D eigenvalue weighted by Gasteiger charge is -2.24. The van der Waals surface area contributed by atoms with Crippen molar-refractivity contribution in [2.24, 2.45) is 0 Å². The quantitative estimate of drug-likeness (QED) is 0.907. The predicted molar refractivity (Wildman–Crippen MR) is 71.6 cm³/mol. The zero-order chi connectivity index (χ0) is 12.5. The Morgan fingerprint density at radius 1 is 1.29 bits per heavy atom. The fourth-order valence-corrected chi connectivity index (χ4v) is 2.98. The van der Waals surface area contributed by atoms with Gasteiger partial charge in [0.1, 0.15) is 0 Å². The summed E-state index contributed by atoms with van der Waals surface area (Å²) in [7, 11) is 0. The highest BCUT2D eigenvalue weighted by Crippen LogP contribution is 2.21. The minimum absolute atomic E-state index is 0.00549. The molecule has 92 valence electrons. The van der Waals surface area contributed by atoms with Crippen LogP contribution in [0.25, 0.3) is 10.1 Å². The lowest BCUT2D eigenvalue weighted by molar-refractivity contribution is 0.0171. The molecule has 17 heavy (non-hydrogen) atoms. The van der Waals surface area contributed by atoms with Gasteiger partial charge in [0.25, 0.3) is 5.56 Å². The molecule has 0 unspecified atom stereocenters. The van der Waals surface area contributed by atoms with Crippen molar-refractivity contribution in [3.63, 3.8) is 0 Å². The highest BCUT2D eigenvalue weighted by atomic mass is 32.1. The smallest absolute Gasteiger partial charge is 0.268 e. The molecule has 1 heterocycles. The average Bonchev–Trinajstić information content (AvgIpc) is 2.67. The van der Waals surface area contributed by atoms with Crippen LogP contribution in [0.3, 0.4) is 0 Å². The van der Waals surface area contributed by atoms with Crippen molar-refractivity contribution in [1.82, 2.24) is 3.96 Å². The van der Waals surface area contributed by atoms with E-state index < -0.39 is 5.60 Å². The third kappa shape index (κ3) is 2.28. The van der Waals surface area contributed by atoms with E-state index in [-0.39, 0.29) is 5.56 Å². The minimum Gasteiger partial charge on any atom is -0.388 e. The Labute approximate surface area is 104 Å². The maximum Gasteiger partial charge on any atom is 0.268 e. The SMILES string of the molecule is CCC(O)(CC)Cn1sc2ccccc2c1=O. The number of benzene rings is 1. The van der Waals surface area contributed by atoms with Gasteiger partial charge in [0.2, 0.25) is 0 Å². The van der Waals surface area contributed by atoms with Crippen LogP contribution in [0, 0.1) is 0 Å². The lowest BCUT2D eigenvalue weighted by Crippen LogP contribution is -2.35. The van der Waals surface area contributed by atoms with E-state index in [1.165, 1.54) is 11.5 Å². The molecule has 0 saturated heterocycles. The first kappa shape index (κ1) is 12.3. The van der Waals surface area contributed by atoms with E-state index in [0.717, 1.165) is 10.1 Å². The van der Waals surface area contributed by atoms with Crippen LogP contribution in [0.15, 0.2) is 29.1 Å². The Balaban J connectivity index is 2.43. The summed E-state index contributed by atoms with van der Waals surface area (Å²) in [6, 6.07) is 7.57. The van der Waals surface area contributed by atoms with Crippen LogP contribution in [-0.2, 0) is 6.54 Å². The van der Waals surface area contributed by atoms with E-state index in [4.69, 9.17) is 0 Å². The first-order valence-corrected chi connectivity index (χ1v) is 6.68. The Morgan fingerprint density at radius 3 is 2.53 bits per heavy atom. The van der Waals surface area contributed by atoms with Crippen molar-refractivity contribution in [2.75, 3.05) is 0 Å². The van der Waals surface area contributed by atoms with E-state index in [9.17, 15) is 9.90 Å². The highest BCUT2D eigenvalue weighted by molar-refractivity contribution is 7.13. The van der Waals surface area contributed by atoms with Crippen LogP contribution in [0.1, 0.15) is 26.7 Å². The number of fused-ring (bicyclic) bond motifs is 1. The van der Waals surface area contributed by atoms with Gasteiger partial charge in [-0.15, -0.1) is 0 Å². The summed E-state index contributed by atoms with van der Waals surface area (Å²) in [5.41, 5.74) is -0.768. The van der Waals surface area contributed by atoms with Gasteiger partial charge in [0.15, 0.2) is 0 Å². The second kappa shape index (κ2) is 4.63. The van der Waals surface area contributed by atoms with Gasteiger partial charge in [-0.3, -0.25) is 8.75 Å². The summed E-state index contributed by atoms with van der Waals surface area (Å²) < 4.78 is 2.64. The van der Waals surface area contributed by atoms with Gasteiger partial charge in [0, 0.05) is 0 Å². The van der Waals surface area contributed by atoms with Gasteiger partial charge in [-0.05, 0) is 25.0 Å². The van der Waals surface area contributed by atoms with E-state index in [1.54, 1.807) is 3.96 Å². The number of rotatable bonds is 4. The van der Waals surface area contributed by atoms with Crippen LogP contribution in [-0.4, -0.2) is 14.7 Å². The molecular weight excluding hydrogens is 234 g/mol. The van der Waals surface area contributed by atoms with E-state index in [1.807, 2.05) is 38.1 Å². The van der Waals surface area contributed by atoms with Crippen LogP contribution in [0.5, 0.6) is 0 Å². The Bertz CT molecular complexity index is 566. The summed E-state index contributed by atoms with van der Waals surface area (Å²) in [5, 5.41) is 11.0. The van der Waals surface area contributed by atoms with Gasteiger partial charge in [-0.2, -0.15) is 0 Å². The van der Waals surface area contributed by atoms with E-state index in [0.29, 0.717) is 19.4 Å². The van der Waals surface area contributed by atoms with Gasteiger partial charge in [-0.1, -0.05) is 37.5 Å². The van der Waals surface area contributed by atoms with Gasteiger partial charge in [0.05, 0.1) is 22.2 Å². The Morgan fingerprint density at radius 2 is 1.94 bits per heavy atom. The zero-order valence-electron chi connectivity index (χ0n) is 10.1. The van der Waals surface area contributed by atoms with E-state index in [2.05, 4.69) is 0 Å². The molecule has 0 aliphatic carbocycles. The molecule has 0 fully saturated rings. The van der Waals surface area contributed by atoms with Crippen LogP contribution in [0.4, 0.5) is 0 Å². The van der Waals surface area contributed by atoms with Gasteiger partial charge >= 0.3 is 0 Å². The maximum absolute atomic E-state index is 12.1. The first-order chi connectivity index (χ1) is 8.09. The van der Waals surface area contributed by atoms with Crippen molar-refractivity contribution in [3.8, 4) is 0 Å². The molecule has 0 saturated carbocycles. The average molecular weight is 251 g/mol. The van der Waals surface area contributed by atoms with Crippen molar-refractivity contribution in [3.05, 3.63) is 34.6 Å². The molecule has 2 aromatic rings. The monoisotopic (exact) mass is 251 g/mol. The molecule has 0 aliphatic heterocycles. The van der Waals surface area contributed by atoms with Crippen molar-refractivity contribution in [2.45, 2.75) is 38.8 Å². The lowest BCUT2D eigenvalue weighted by atomic mass is 9.98. The van der Waals surface area contributed by atoms with Crippen molar-refractivity contribution >= 4 is 21.6 Å². The van der Waals surface area contributed by atoms with Crippen LogP contribution in [0.2, 0.25) is 0 Å². The Kier molecular flexibility index (Phi) is 3.35. The molecule has 0 spiro atoms. The third-order valence-corrected chi connectivity index (χ3v) is 4.37. The number of aliphatic hydroxyl groups is 1. The molecule has 1 N–H and O–H groups in total. The van der Waals surface area contributed by atoms with Crippen LogP contribution >= 0.6 is 11.5 Å². The summed E-state index contributed by atoms with van der Waals surface area (Å²) in [6.07, 6.45) is 1.31. The molecule has 2 rings (SSSR count). The molecule has 1 aromatic carbocycles. The molecule has 4 heteroatoms. The summed E-state index contributed by atoms with van der Waals surface area (Å²) >= 11 is 1.43. The molecule has 0 bridgehead atoms. The Hall–Kier alpha value is -1.13. The number of hydrogen-bond donors (Lipinski definition) is 1. The fraction of sp³-hybridized carbons (Fsp3) is 0.462. The van der Waals surface area contributed by atoms with Crippen molar-refractivity contribution < 1.29 is 5.11 Å². The maximum atomic E-state index is 12.1. The number of nitrogens with zero attached hydrogens (tertiary/aromatic N) is 1. The summed E-state index contributed by atoms with van der Waals surface area (Å²) in [5.74, 6) is 0. The molecule has 3 nitrogen and oxygen atoms in total. The largest absolute Gasteiger partial charge is 0.388 e. The third-order valence-electron chi connectivity index (χ3n) is 3.31. The molecular formula is C13H17NO2S. The normalized spacial score (nSPS) is 12.2. The first-order valence-electron chi connectivity index (χ1n) is 5.91. The molecule has 0 aliphatic rings. The topological polar surface area (TPSA) is 42.2 Å². The summed E-state index contributed by atoms with van der Waals surface area (Å²) in [4.78, 5) is 12.1. The summed E-state index contributed by atoms with van der Waals surface area (Å²) in [6.45, 7) is 4.28. The second-order valence-electron chi connectivity index (χ2n) is 4.36. The van der Waals surface area contributed by atoms with E-state index >= 15 is 0 Å². The molecule has 0 amide bonds. The van der Waals surface area contributed by atoms with Crippen LogP contribution < -0.4 is 5.56 Å². The standard InChI is InChI=1S/C13H17NO2S/c1-3-13(16,4-2)9-14-12(15)10-7-5-6-8-11(10)17-14/h5-8,16H,3-4,9H2,1-2H3. The van der Waals surface area contributed by atoms with Gasteiger partial charge in [-0.25, -0.2) is 0 Å². The number of hydrogen-bond acceptors (Lipinski definition) is 3. The fourth-order valence-electron chi connectivity index (χ4n) is 1.86. The van der Waals surface area contributed by atoms with Crippen molar-refractivity contribution in [1.29, 1.82) is 0 Å².